The van der Waals surface area contributed by atoms with Gasteiger partial charge in [0.25, 0.3) is 0 Å². The Morgan fingerprint density at radius 3 is 2.71 bits per heavy atom. The minimum absolute atomic E-state index is 0.0324. The molecule has 6 nitrogen and oxygen atoms in total. The standard InChI is InChI=1S/C26H30ClFN4O2/c1-29-26(33)19(9-13-32-11-4-3-5-12-32)21-16-20-17(14-24(21)34-2)8-10-30-25(20)31-18-6-7-23(28)22(27)15-18/h6-8,10,14-16,19H,3-5,9,11-13H2,1-2H3,(H,29,33)(H,30,31). The fourth-order valence-corrected chi connectivity index (χ4v) is 4.75. The highest BCUT2D eigenvalue weighted by atomic mass is 35.5. The number of amides is 1. The summed E-state index contributed by atoms with van der Waals surface area (Å²) < 4.78 is 19.3. The van der Waals surface area contributed by atoms with Gasteiger partial charge in [-0.15, -0.1) is 0 Å². The number of carbonyl (C=O) groups is 1. The molecular formula is C26H30ClFN4O2. The van der Waals surface area contributed by atoms with Gasteiger partial charge in [-0.2, -0.15) is 0 Å². The van der Waals surface area contributed by atoms with Crippen molar-refractivity contribution in [3.8, 4) is 5.75 Å². The Kier molecular flexibility index (Phi) is 7.85. The first-order valence-corrected chi connectivity index (χ1v) is 12.0. The number of rotatable bonds is 8. The molecule has 1 unspecified atom stereocenters. The summed E-state index contributed by atoms with van der Waals surface area (Å²) in [6, 6.07) is 10.3. The minimum atomic E-state index is -0.479. The number of fused-ring (bicyclic) bond motifs is 1. The van der Waals surface area contributed by atoms with E-state index in [4.69, 9.17) is 16.3 Å². The zero-order valence-corrected chi connectivity index (χ0v) is 20.3. The van der Waals surface area contributed by atoms with Crippen molar-refractivity contribution in [1.29, 1.82) is 0 Å². The smallest absolute Gasteiger partial charge is 0.227 e. The normalized spacial score (nSPS) is 15.2. The van der Waals surface area contributed by atoms with Gasteiger partial charge in [-0.3, -0.25) is 4.79 Å². The number of ether oxygens (including phenoxy) is 1. The van der Waals surface area contributed by atoms with Crippen LogP contribution < -0.4 is 15.4 Å². The third kappa shape index (κ3) is 5.42. The maximum atomic E-state index is 13.6. The van der Waals surface area contributed by atoms with E-state index in [1.165, 1.54) is 31.4 Å². The van der Waals surface area contributed by atoms with Crippen LogP contribution in [0.3, 0.4) is 0 Å². The van der Waals surface area contributed by atoms with E-state index in [0.29, 0.717) is 23.7 Å². The summed E-state index contributed by atoms with van der Waals surface area (Å²) in [5.74, 6) is 0.378. The molecule has 0 saturated carbocycles. The maximum absolute atomic E-state index is 13.6. The molecule has 34 heavy (non-hydrogen) atoms. The molecule has 1 fully saturated rings. The van der Waals surface area contributed by atoms with E-state index in [0.717, 1.165) is 36.0 Å². The summed E-state index contributed by atoms with van der Waals surface area (Å²) in [5, 5.41) is 7.84. The van der Waals surface area contributed by atoms with Crippen molar-refractivity contribution >= 4 is 39.8 Å². The lowest BCUT2D eigenvalue weighted by Crippen LogP contribution is -2.34. The molecule has 0 aliphatic carbocycles. The number of pyridine rings is 1. The molecule has 2 aromatic carbocycles. The molecule has 2 N–H and O–H groups in total. The van der Waals surface area contributed by atoms with Crippen molar-refractivity contribution in [3.05, 3.63) is 59.0 Å². The molecule has 2 heterocycles. The van der Waals surface area contributed by atoms with E-state index in [-0.39, 0.29) is 16.8 Å². The number of carbonyl (C=O) groups excluding carboxylic acids is 1. The van der Waals surface area contributed by atoms with Gasteiger partial charge in [-0.25, -0.2) is 9.37 Å². The summed E-state index contributed by atoms with van der Waals surface area (Å²) in [6.45, 7) is 3.01. The number of hydrogen-bond acceptors (Lipinski definition) is 5. The van der Waals surface area contributed by atoms with Gasteiger partial charge in [0.2, 0.25) is 5.91 Å². The van der Waals surface area contributed by atoms with E-state index >= 15 is 0 Å². The molecule has 1 aliphatic rings. The van der Waals surface area contributed by atoms with Crippen LogP contribution in [0.5, 0.6) is 5.75 Å². The van der Waals surface area contributed by atoms with E-state index in [1.54, 1.807) is 26.4 Å². The second-order valence-electron chi connectivity index (χ2n) is 8.59. The summed E-state index contributed by atoms with van der Waals surface area (Å²) in [6.07, 6.45) is 6.08. The van der Waals surface area contributed by atoms with Crippen LogP contribution in [0, 0.1) is 5.82 Å². The van der Waals surface area contributed by atoms with Gasteiger partial charge < -0.3 is 20.3 Å². The number of likely N-dealkylation sites (N-methyl/N-ethyl adjacent to an activating group) is 1. The van der Waals surface area contributed by atoms with E-state index in [1.807, 2.05) is 18.2 Å². The van der Waals surface area contributed by atoms with Crippen LogP contribution in [0.4, 0.5) is 15.9 Å². The number of halogens is 2. The number of piperidine rings is 1. The van der Waals surface area contributed by atoms with E-state index < -0.39 is 5.82 Å². The first kappa shape index (κ1) is 24.2. The zero-order chi connectivity index (χ0) is 24.1. The molecule has 1 atom stereocenters. The van der Waals surface area contributed by atoms with Crippen molar-refractivity contribution in [1.82, 2.24) is 15.2 Å². The summed E-state index contributed by atoms with van der Waals surface area (Å²) >= 11 is 5.95. The van der Waals surface area contributed by atoms with E-state index in [2.05, 4.69) is 20.5 Å². The summed E-state index contributed by atoms with van der Waals surface area (Å²) in [7, 11) is 3.29. The average molecular weight is 485 g/mol. The zero-order valence-electron chi connectivity index (χ0n) is 19.5. The van der Waals surface area contributed by atoms with Gasteiger partial charge in [0.1, 0.15) is 17.4 Å². The van der Waals surface area contributed by atoms with Crippen molar-refractivity contribution in [3.63, 3.8) is 0 Å². The first-order chi connectivity index (χ1) is 16.5. The van der Waals surface area contributed by atoms with Crippen LogP contribution in [0.25, 0.3) is 10.8 Å². The molecule has 180 valence electrons. The number of hydrogen-bond donors (Lipinski definition) is 2. The van der Waals surface area contributed by atoms with Crippen LogP contribution in [0.15, 0.2) is 42.6 Å². The SMILES string of the molecule is CNC(=O)C(CCN1CCCCC1)c1cc2c(Nc3ccc(F)c(Cl)c3)nccc2cc1OC. The Labute approximate surface area is 204 Å². The Bertz CT molecular complexity index is 1170. The largest absolute Gasteiger partial charge is 0.496 e. The summed E-state index contributed by atoms with van der Waals surface area (Å²) in [5.41, 5.74) is 1.44. The van der Waals surface area contributed by atoms with E-state index in [9.17, 15) is 9.18 Å². The molecule has 8 heteroatoms. The lowest BCUT2D eigenvalue weighted by Gasteiger charge is -2.28. The maximum Gasteiger partial charge on any atom is 0.227 e. The van der Waals surface area contributed by atoms with Gasteiger partial charge in [-0.05, 0) is 80.7 Å². The molecular weight excluding hydrogens is 455 g/mol. The predicted molar refractivity (Wildman–Crippen MR) is 135 cm³/mol. The van der Waals surface area contributed by atoms with Crippen molar-refractivity contribution in [2.24, 2.45) is 0 Å². The molecule has 3 aromatic rings. The highest BCUT2D eigenvalue weighted by Gasteiger charge is 2.25. The Morgan fingerprint density at radius 2 is 2.00 bits per heavy atom. The van der Waals surface area contributed by atoms with Crippen LogP contribution in [-0.4, -0.2) is 49.6 Å². The quantitative estimate of drug-likeness (QED) is 0.443. The first-order valence-electron chi connectivity index (χ1n) is 11.6. The molecule has 4 rings (SSSR count). The Morgan fingerprint density at radius 1 is 1.21 bits per heavy atom. The van der Waals surface area contributed by atoms with Crippen LogP contribution >= 0.6 is 11.6 Å². The number of anilines is 2. The lowest BCUT2D eigenvalue weighted by molar-refractivity contribution is -0.122. The third-order valence-electron chi connectivity index (χ3n) is 6.42. The Hall–Kier alpha value is -2.90. The topological polar surface area (TPSA) is 66.5 Å². The number of nitrogens with zero attached hydrogens (tertiary/aromatic N) is 2. The van der Waals surface area contributed by atoms with Crippen molar-refractivity contribution in [2.45, 2.75) is 31.6 Å². The number of methoxy groups -OCH3 is 1. The number of likely N-dealkylation sites (tertiary alicyclic amines) is 1. The fourth-order valence-electron chi connectivity index (χ4n) is 4.57. The van der Waals surface area contributed by atoms with Gasteiger partial charge in [-0.1, -0.05) is 18.0 Å². The fraction of sp³-hybridized carbons (Fsp3) is 0.385. The molecule has 1 amide bonds. The Balaban J connectivity index is 1.71. The molecule has 1 aromatic heterocycles. The highest BCUT2D eigenvalue weighted by molar-refractivity contribution is 6.31. The third-order valence-corrected chi connectivity index (χ3v) is 6.71. The highest BCUT2D eigenvalue weighted by Crippen LogP contribution is 2.36. The van der Waals surface area contributed by atoms with Crippen LogP contribution in [0.2, 0.25) is 5.02 Å². The number of nitrogens with one attached hydrogen (secondary N) is 2. The van der Waals surface area contributed by atoms with Gasteiger partial charge in [0.15, 0.2) is 0 Å². The van der Waals surface area contributed by atoms with Crippen LogP contribution in [-0.2, 0) is 4.79 Å². The molecule has 0 spiro atoms. The average Bonchev–Trinajstić information content (AvgIpc) is 2.86. The van der Waals surface area contributed by atoms with Crippen LogP contribution in [0.1, 0.15) is 37.2 Å². The number of aromatic nitrogens is 1. The van der Waals surface area contributed by atoms with Gasteiger partial charge >= 0.3 is 0 Å². The molecule has 0 radical (unpaired) electrons. The summed E-state index contributed by atoms with van der Waals surface area (Å²) in [4.78, 5) is 19.9. The molecule has 0 bridgehead atoms. The predicted octanol–water partition coefficient (Wildman–Crippen LogP) is 5.49. The van der Waals surface area contributed by atoms with Crippen molar-refractivity contribution in [2.75, 3.05) is 39.1 Å². The lowest BCUT2D eigenvalue weighted by atomic mass is 9.91. The van der Waals surface area contributed by atoms with Gasteiger partial charge in [0, 0.05) is 29.9 Å². The van der Waals surface area contributed by atoms with Gasteiger partial charge in [0.05, 0.1) is 18.1 Å². The van der Waals surface area contributed by atoms with Crippen molar-refractivity contribution < 1.29 is 13.9 Å². The molecule has 1 aliphatic heterocycles. The number of benzene rings is 2. The second kappa shape index (κ2) is 11.0. The molecule has 1 saturated heterocycles. The minimum Gasteiger partial charge on any atom is -0.496 e. The monoisotopic (exact) mass is 484 g/mol. The second-order valence-corrected chi connectivity index (χ2v) is 8.99.